The molecule has 0 bridgehead atoms. The summed E-state index contributed by atoms with van der Waals surface area (Å²) in [6, 6.07) is 7.91. The van der Waals surface area contributed by atoms with E-state index in [-0.39, 0.29) is 29.1 Å². The van der Waals surface area contributed by atoms with Crippen LogP contribution in [0.5, 0.6) is 5.75 Å². The maximum Gasteiger partial charge on any atom is 0.573 e. The molecule has 3 aromatic heterocycles. The summed E-state index contributed by atoms with van der Waals surface area (Å²) >= 11 is 5.91. The van der Waals surface area contributed by atoms with Gasteiger partial charge in [0.2, 0.25) is 0 Å². The first-order valence-electron chi connectivity index (χ1n) is 12.8. The topological polar surface area (TPSA) is 135 Å². The van der Waals surface area contributed by atoms with E-state index in [1.54, 1.807) is 6.92 Å². The number of halogens is 7. The molecule has 4 aromatic rings. The zero-order chi connectivity index (χ0) is 32.0. The molecule has 0 aliphatic carbocycles. The molecule has 4 atom stereocenters. The van der Waals surface area contributed by atoms with Crippen LogP contribution in [-0.2, 0) is 22.6 Å². The number of benzene rings is 1. The molecule has 1 aliphatic rings. The zero-order valence-corrected chi connectivity index (χ0v) is 23.4. The van der Waals surface area contributed by atoms with E-state index in [0.717, 1.165) is 15.4 Å². The molecule has 0 spiro atoms. The molecule has 1 aromatic carbocycles. The Morgan fingerprint density at radius 3 is 2.41 bits per heavy atom. The van der Waals surface area contributed by atoms with Crippen molar-refractivity contribution >= 4 is 11.6 Å². The SMILES string of the molecule is CC1OC1O[C@@H](C)c1nc(Cn2nc(-c3ccc(Cl)cc3)n(C[C@H](O)C(F)(F)F)c2=O)nn1-c1ncccc1OC(F)(F)F. The third kappa shape index (κ3) is 7.03. The van der Waals surface area contributed by atoms with Gasteiger partial charge in [0, 0.05) is 16.8 Å². The number of epoxide rings is 1. The van der Waals surface area contributed by atoms with Gasteiger partial charge in [0.1, 0.15) is 18.8 Å². The maximum atomic E-state index is 13.3. The molecule has 44 heavy (non-hydrogen) atoms. The van der Waals surface area contributed by atoms with E-state index >= 15 is 0 Å². The Morgan fingerprint density at radius 1 is 1.11 bits per heavy atom. The van der Waals surface area contributed by atoms with Gasteiger partial charge < -0.3 is 19.3 Å². The Bertz CT molecular complexity index is 1690. The van der Waals surface area contributed by atoms with Gasteiger partial charge in [0.05, 0.1) is 6.54 Å². The van der Waals surface area contributed by atoms with Crippen molar-refractivity contribution in [3.05, 3.63) is 69.8 Å². The average Bonchev–Trinajstić information content (AvgIpc) is 3.32. The molecule has 236 valence electrons. The quantitative estimate of drug-likeness (QED) is 0.200. The Kier molecular flexibility index (Phi) is 8.45. The monoisotopic (exact) mass is 649 g/mol. The van der Waals surface area contributed by atoms with Crippen molar-refractivity contribution in [2.45, 2.75) is 64.1 Å². The van der Waals surface area contributed by atoms with E-state index in [1.165, 1.54) is 43.5 Å². The summed E-state index contributed by atoms with van der Waals surface area (Å²) in [7, 11) is 0. The lowest BCUT2D eigenvalue weighted by molar-refractivity contribution is -0.274. The van der Waals surface area contributed by atoms with Crippen LogP contribution in [0.2, 0.25) is 5.02 Å². The van der Waals surface area contributed by atoms with Crippen molar-refractivity contribution < 1.29 is 45.7 Å². The molecule has 4 heterocycles. The van der Waals surface area contributed by atoms with Gasteiger partial charge in [-0.15, -0.1) is 23.4 Å². The number of ether oxygens (including phenoxy) is 3. The molecule has 0 amide bonds. The second kappa shape index (κ2) is 11.8. The smallest absolute Gasteiger partial charge is 0.402 e. The minimum atomic E-state index is -5.07. The summed E-state index contributed by atoms with van der Waals surface area (Å²) in [5.41, 5.74) is -0.846. The van der Waals surface area contributed by atoms with E-state index in [0.29, 0.717) is 9.59 Å². The number of nitrogens with zero attached hydrogens (tertiary/aromatic N) is 7. The van der Waals surface area contributed by atoms with Crippen LogP contribution in [0.15, 0.2) is 47.4 Å². The van der Waals surface area contributed by atoms with Gasteiger partial charge in [0.25, 0.3) is 0 Å². The van der Waals surface area contributed by atoms with Crippen LogP contribution >= 0.6 is 11.6 Å². The van der Waals surface area contributed by atoms with Crippen molar-refractivity contribution in [2.24, 2.45) is 0 Å². The van der Waals surface area contributed by atoms with Gasteiger partial charge in [0.15, 0.2) is 41.4 Å². The molecule has 1 aliphatic heterocycles. The van der Waals surface area contributed by atoms with Crippen LogP contribution in [0.25, 0.3) is 17.2 Å². The first-order chi connectivity index (χ1) is 20.6. The number of aliphatic hydroxyl groups is 1. The Morgan fingerprint density at radius 2 is 1.80 bits per heavy atom. The van der Waals surface area contributed by atoms with Crippen LogP contribution in [0.1, 0.15) is 31.6 Å². The number of rotatable bonds is 10. The molecule has 2 unspecified atom stereocenters. The predicted molar refractivity (Wildman–Crippen MR) is 138 cm³/mol. The maximum absolute atomic E-state index is 13.3. The average molecular weight is 650 g/mol. The number of pyridine rings is 1. The van der Waals surface area contributed by atoms with Crippen LogP contribution < -0.4 is 10.4 Å². The normalized spacial score (nSPS) is 18.3. The molecular weight excluding hydrogens is 628 g/mol. The second-order valence-electron chi connectivity index (χ2n) is 9.60. The largest absolute Gasteiger partial charge is 0.573 e. The predicted octanol–water partition coefficient (Wildman–Crippen LogP) is 4.03. The molecule has 0 radical (unpaired) electrons. The van der Waals surface area contributed by atoms with Crippen LogP contribution in [0.3, 0.4) is 0 Å². The Labute approximate surface area is 248 Å². The Hall–Kier alpha value is -4.00. The van der Waals surface area contributed by atoms with Crippen molar-refractivity contribution in [3.8, 4) is 23.0 Å². The number of hydrogen-bond acceptors (Lipinski definition) is 9. The first kappa shape index (κ1) is 31.4. The minimum Gasteiger partial charge on any atom is -0.402 e. The fourth-order valence-electron chi connectivity index (χ4n) is 4.10. The summed E-state index contributed by atoms with van der Waals surface area (Å²) in [4.78, 5) is 21.6. The lowest BCUT2D eigenvalue weighted by Crippen LogP contribution is -2.37. The van der Waals surface area contributed by atoms with Crippen molar-refractivity contribution in [3.63, 3.8) is 0 Å². The lowest BCUT2D eigenvalue weighted by Gasteiger charge is -2.15. The number of alkyl halides is 6. The summed E-state index contributed by atoms with van der Waals surface area (Å²) in [5, 5.41) is 18.4. The standard InChI is InChI=1S/C25H22ClF6N7O5/c1-12(42-22-13(2)43-22)19-34-18(35-39(19)21-16(4-3-9-33-21)44-25(30,31)32)11-38-23(41)37(10-17(40)24(27,28)29)20(36-38)14-5-7-15(26)8-6-14/h3-9,12-13,17,22,40H,10-11H2,1-2H3/t12-,13?,17-,22?/m0/s1. The molecule has 0 saturated carbocycles. The molecule has 19 heteroatoms. The fraction of sp³-hybridized carbons (Fsp3) is 0.400. The highest BCUT2D eigenvalue weighted by Crippen LogP contribution is 2.32. The fourth-order valence-corrected chi connectivity index (χ4v) is 4.23. The zero-order valence-electron chi connectivity index (χ0n) is 22.6. The Balaban J connectivity index is 1.57. The summed E-state index contributed by atoms with van der Waals surface area (Å²) < 4.78 is 96.5. The highest BCUT2D eigenvalue weighted by atomic mass is 35.5. The minimum absolute atomic E-state index is 0.0497. The lowest BCUT2D eigenvalue weighted by atomic mass is 10.2. The van der Waals surface area contributed by atoms with Gasteiger partial charge >= 0.3 is 18.2 Å². The van der Waals surface area contributed by atoms with E-state index in [1.807, 2.05) is 0 Å². The molecule has 1 N–H and O–H groups in total. The van der Waals surface area contributed by atoms with Crippen molar-refractivity contribution in [1.29, 1.82) is 0 Å². The van der Waals surface area contributed by atoms with E-state index in [2.05, 4.69) is 24.9 Å². The summed E-state index contributed by atoms with van der Waals surface area (Å²) in [6.45, 7) is 1.55. The molecule has 5 rings (SSSR count). The molecule has 1 fully saturated rings. The van der Waals surface area contributed by atoms with Crippen LogP contribution in [0.4, 0.5) is 26.3 Å². The summed E-state index contributed by atoms with van der Waals surface area (Å²) in [6.07, 6.45) is -13.6. The van der Waals surface area contributed by atoms with Gasteiger partial charge in [-0.3, -0.25) is 4.57 Å². The van der Waals surface area contributed by atoms with Crippen molar-refractivity contribution in [1.82, 2.24) is 34.1 Å². The van der Waals surface area contributed by atoms with Crippen molar-refractivity contribution in [2.75, 3.05) is 0 Å². The van der Waals surface area contributed by atoms with Gasteiger partial charge in [-0.25, -0.2) is 19.4 Å². The second-order valence-corrected chi connectivity index (χ2v) is 10.0. The van der Waals surface area contributed by atoms with Gasteiger partial charge in [-0.2, -0.15) is 17.9 Å². The van der Waals surface area contributed by atoms with Crippen LogP contribution in [-0.4, -0.2) is 70.2 Å². The molecule has 1 saturated heterocycles. The number of aliphatic hydroxyl groups excluding tert-OH is 1. The van der Waals surface area contributed by atoms with Crippen LogP contribution in [0, 0.1) is 0 Å². The van der Waals surface area contributed by atoms with Gasteiger partial charge in [-0.1, -0.05) is 11.6 Å². The first-order valence-corrected chi connectivity index (χ1v) is 13.1. The molecular formula is C25H22ClF6N7O5. The summed E-state index contributed by atoms with van der Waals surface area (Å²) in [5.74, 6) is -1.59. The van der Waals surface area contributed by atoms with E-state index in [4.69, 9.17) is 21.1 Å². The van der Waals surface area contributed by atoms with E-state index in [9.17, 15) is 36.2 Å². The molecule has 12 nitrogen and oxygen atoms in total. The number of aromatic nitrogens is 7. The highest BCUT2D eigenvalue weighted by Gasteiger charge is 2.40. The van der Waals surface area contributed by atoms with E-state index < -0.39 is 61.4 Å². The number of hydrogen-bond donors (Lipinski definition) is 1. The van der Waals surface area contributed by atoms with Gasteiger partial charge in [-0.05, 0) is 50.2 Å². The third-order valence-corrected chi connectivity index (χ3v) is 6.51. The highest BCUT2D eigenvalue weighted by molar-refractivity contribution is 6.30. The third-order valence-electron chi connectivity index (χ3n) is 6.26.